The van der Waals surface area contributed by atoms with Crippen LogP contribution in [-0.2, 0) is 39.8 Å². The molecule has 2 amide bonds. The first-order valence-electron chi connectivity index (χ1n) is 13.1. The van der Waals surface area contributed by atoms with Crippen molar-refractivity contribution < 1.29 is 38.1 Å². The van der Waals surface area contributed by atoms with Crippen molar-refractivity contribution in [2.24, 2.45) is 11.7 Å². The second-order valence-corrected chi connectivity index (χ2v) is 8.69. The Hall–Kier alpha value is -2.86. The number of nitrogens with one attached hydrogen (secondary N) is 2. The van der Waals surface area contributed by atoms with Crippen LogP contribution in [0.3, 0.4) is 0 Å². The Labute approximate surface area is 239 Å². The fourth-order valence-electron chi connectivity index (χ4n) is 3.39. The van der Waals surface area contributed by atoms with Crippen molar-refractivity contribution in [3.8, 4) is 0 Å². The third kappa shape index (κ3) is 21.0. The summed E-state index contributed by atoms with van der Waals surface area (Å²) in [5, 5.41) is 5.07. The molecule has 1 aromatic carbocycles. The second-order valence-electron chi connectivity index (χ2n) is 8.69. The zero-order chi connectivity index (χ0) is 27.8. The van der Waals surface area contributed by atoms with Gasteiger partial charge in [-0.2, -0.15) is 0 Å². The van der Waals surface area contributed by atoms with E-state index in [2.05, 4.69) is 10.6 Å². The molecule has 230 valence electrons. The lowest BCUT2D eigenvalue weighted by Gasteiger charge is -2.16. The minimum atomic E-state index is -0.737. The van der Waals surface area contributed by atoms with Gasteiger partial charge in [-0.15, -0.1) is 0 Å². The lowest BCUT2D eigenvalue weighted by Crippen LogP contribution is -2.38. The molecule has 0 fully saturated rings. The van der Waals surface area contributed by atoms with Gasteiger partial charge in [0, 0.05) is 39.1 Å². The topological polar surface area (TPSA) is 155 Å². The van der Waals surface area contributed by atoms with E-state index >= 15 is 0 Å². The van der Waals surface area contributed by atoms with Crippen molar-refractivity contribution in [1.29, 1.82) is 0 Å². The lowest BCUT2D eigenvalue weighted by atomic mass is 9.93. The van der Waals surface area contributed by atoms with Gasteiger partial charge in [-0.1, -0.05) is 45.2 Å². The summed E-state index contributed by atoms with van der Waals surface area (Å²) in [7, 11) is 1.61. The third-order valence-electron chi connectivity index (χ3n) is 5.44. The van der Waals surface area contributed by atoms with E-state index in [-0.39, 0.29) is 65.1 Å². The predicted molar refractivity (Wildman–Crippen MR) is 155 cm³/mol. The molecule has 1 atom stereocenters. The van der Waals surface area contributed by atoms with Gasteiger partial charge < -0.3 is 35.3 Å². The molecule has 0 aliphatic carbocycles. The standard InChI is InChI=1S/C27H43N3O8.2CH4/c1-35-14-15-36-12-6-5-10-24(31)20-29-26(33)23(18-22-8-3-2-4-9-22)19-25(32)21-30-27(34)38-17-16-37-13-7-11-28;;/h2-4,8-9,23H,5-7,10-21,28H2,1H3,(H,29,33)(H,30,34);2*1H4. The van der Waals surface area contributed by atoms with E-state index < -0.39 is 12.0 Å². The van der Waals surface area contributed by atoms with Gasteiger partial charge in [-0.3, -0.25) is 14.4 Å². The van der Waals surface area contributed by atoms with Gasteiger partial charge in [-0.05, 0) is 37.8 Å². The number of nitrogens with two attached hydrogens (primary N) is 1. The van der Waals surface area contributed by atoms with Crippen LogP contribution in [0.4, 0.5) is 4.79 Å². The van der Waals surface area contributed by atoms with E-state index in [4.69, 9.17) is 24.7 Å². The van der Waals surface area contributed by atoms with Gasteiger partial charge in [-0.25, -0.2) is 4.79 Å². The molecule has 1 aromatic rings. The van der Waals surface area contributed by atoms with Crippen LogP contribution < -0.4 is 16.4 Å². The summed E-state index contributed by atoms with van der Waals surface area (Å²) in [6.45, 7) is 2.54. The highest BCUT2D eigenvalue weighted by Gasteiger charge is 2.23. The summed E-state index contributed by atoms with van der Waals surface area (Å²) in [5.41, 5.74) is 6.26. The Morgan fingerprint density at radius 2 is 1.45 bits per heavy atom. The maximum Gasteiger partial charge on any atom is 0.407 e. The number of amides is 2. The minimum absolute atomic E-state index is 0. The predicted octanol–water partition coefficient (Wildman–Crippen LogP) is 2.69. The maximum atomic E-state index is 12.9. The van der Waals surface area contributed by atoms with Crippen LogP contribution in [0.25, 0.3) is 0 Å². The van der Waals surface area contributed by atoms with Crippen molar-refractivity contribution >= 4 is 23.6 Å². The molecular weight excluding hydrogens is 518 g/mol. The first-order valence-corrected chi connectivity index (χ1v) is 13.1. The van der Waals surface area contributed by atoms with Crippen LogP contribution in [0.1, 0.15) is 52.5 Å². The molecule has 0 saturated heterocycles. The smallest absolute Gasteiger partial charge is 0.407 e. The molecule has 0 aromatic heterocycles. The van der Waals surface area contributed by atoms with Crippen LogP contribution in [0, 0.1) is 5.92 Å². The van der Waals surface area contributed by atoms with Crippen LogP contribution in [0.15, 0.2) is 30.3 Å². The zero-order valence-corrected chi connectivity index (χ0v) is 22.4. The molecule has 11 heteroatoms. The molecule has 0 heterocycles. The van der Waals surface area contributed by atoms with Crippen molar-refractivity contribution in [3.63, 3.8) is 0 Å². The molecule has 11 nitrogen and oxygen atoms in total. The van der Waals surface area contributed by atoms with Crippen LogP contribution in [0.5, 0.6) is 0 Å². The number of benzene rings is 1. The molecule has 0 aliphatic rings. The third-order valence-corrected chi connectivity index (χ3v) is 5.44. The molecular formula is C29H51N3O8. The highest BCUT2D eigenvalue weighted by molar-refractivity contribution is 5.91. The number of carbonyl (C=O) groups is 4. The van der Waals surface area contributed by atoms with Gasteiger partial charge in [0.2, 0.25) is 5.91 Å². The fourth-order valence-corrected chi connectivity index (χ4v) is 3.39. The van der Waals surface area contributed by atoms with Crippen molar-refractivity contribution in [3.05, 3.63) is 35.9 Å². The molecule has 40 heavy (non-hydrogen) atoms. The highest BCUT2D eigenvalue weighted by Crippen LogP contribution is 2.13. The lowest BCUT2D eigenvalue weighted by molar-refractivity contribution is -0.130. The van der Waals surface area contributed by atoms with E-state index in [9.17, 15) is 19.2 Å². The number of ketones is 2. The number of methoxy groups -OCH3 is 1. The average Bonchev–Trinajstić information content (AvgIpc) is 2.92. The summed E-state index contributed by atoms with van der Waals surface area (Å²) >= 11 is 0. The molecule has 0 bridgehead atoms. The molecule has 0 spiro atoms. The normalized spacial score (nSPS) is 10.9. The van der Waals surface area contributed by atoms with E-state index in [1.807, 2.05) is 30.3 Å². The maximum absolute atomic E-state index is 12.9. The monoisotopic (exact) mass is 569 g/mol. The largest absolute Gasteiger partial charge is 0.447 e. The number of alkyl carbamates (subject to hydrolysis) is 1. The van der Waals surface area contributed by atoms with E-state index in [0.29, 0.717) is 52.2 Å². The molecule has 1 unspecified atom stereocenters. The Morgan fingerprint density at radius 1 is 0.800 bits per heavy atom. The van der Waals surface area contributed by atoms with Gasteiger partial charge >= 0.3 is 6.09 Å². The molecule has 0 radical (unpaired) electrons. The van der Waals surface area contributed by atoms with Gasteiger partial charge in [0.1, 0.15) is 6.61 Å². The Bertz CT molecular complexity index is 808. The minimum Gasteiger partial charge on any atom is -0.447 e. The summed E-state index contributed by atoms with van der Waals surface area (Å²) < 4.78 is 20.5. The molecule has 0 saturated carbocycles. The van der Waals surface area contributed by atoms with Crippen LogP contribution >= 0.6 is 0 Å². The van der Waals surface area contributed by atoms with Crippen molar-refractivity contribution in [2.45, 2.75) is 53.4 Å². The Kier molecular flexibility index (Phi) is 25.9. The number of ether oxygens (including phenoxy) is 4. The zero-order valence-electron chi connectivity index (χ0n) is 22.4. The number of rotatable bonds is 23. The van der Waals surface area contributed by atoms with Crippen molar-refractivity contribution in [1.82, 2.24) is 10.6 Å². The SMILES string of the molecule is C.C.COCCOCCCCC(=O)CNC(=O)C(CC(=O)CNC(=O)OCCOCCCN)Cc1ccccc1. The molecule has 1 rings (SSSR count). The number of hydrogen-bond donors (Lipinski definition) is 3. The molecule has 0 aliphatic heterocycles. The van der Waals surface area contributed by atoms with Gasteiger partial charge in [0.15, 0.2) is 11.6 Å². The number of carbonyl (C=O) groups excluding carboxylic acids is 4. The second kappa shape index (κ2) is 26.4. The van der Waals surface area contributed by atoms with E-state index in [1.165, 1.54) is 0 Å². The van der Waals surface area contributed by atoms with Crippen LogP contribution in [-0.4, -0.2) is 90.0 Å². The Balaban J connectivity index is 0. The van der Waals surface area contributed by atoms with Crippen molar-refractivity contribution in [2.75, 3.05) is 66.4 Å². The summed E-state index contributed by atoms with van der Waals surface area (Å²) in [6.07, 6.45) is 1.96. The van der Waals surface area contributed by atoms with E-state index in [1.54, 1.807) is 7.11 Å². The summed E-state index contributed by atoms with van der Waals surface area (Å²) in [5.74, 6) is -1.47. The average molecular weight is 570 g/mol. The number of unbranched alkanes of at least 4 members (excludes halogenated alkanes) is 1. The number of Topliss-reactive ketones (excluding diaryl/α,β-unsaturated/α-hetero) is 2. The van der Waals surface area contributed by atoms with Gasteiger partial charge in [0.25, 0.3) is 0 Å². The van der Waals surface area contributed by atoms with Gasteiger partial charge in [0.05, 0.1) is 32.9 Å². The summed E-state index contributed by atoms with van der Waals surface area (Å²) in [6, 6.07) is 9.31. The number of hydrogen-bond acceptors (Lipinski definition) is 9. The highest BCUT2D eigenvalue weighted by atomic mass is 16.6. The van der Waals surface area contributed by atoms with E-state index in [0.717, 1.165) is 18.4 Å². The molecule has 4 N–H and O–H groups in total. The quantitative estimate of drug-likeness (QED) is 0.169. The Morgan fingerprint density at radius 3 is 2.12 bits per heavy atom. The fraction of sp³-hybridized carbons (Fsp3) is 0.655. The van der Waals surface area contributed by atoms with Crippen LogP contribution in [0.2, 0.25) is 0 Å². The first-order chi connectivity index (χ1) is 18.5. The first kappa shape index (κ1) is 39.3. The summed E-state index contributed by atoms with van der Waals surface area (Å²) in [4.78, 5) is 49.4.